The van der Waals surface area contributed by atoms with Crippen LogP contribution in [-0.2, 0) is 9.84 Å². The molecule has 98 valence electrons. The Balaban J connectivity index is 1.56. The van der Waals surface area contributed by atoms with Gasteiger partial charge in [-0.2, -0.15) is 0 Å². The summed E-state index contributed by atoms with van der Waals surface area (Å²) in [5.41, 5.74) is 0. The predicted molar refractivity (Wildman–Crippen MR) is 68.6 cm³/mol. The third kappa shape index (κ3) is 2.39. The number of nitrogens with one attached hydrogen (secondary N) is 1. The largest absolute Gasteiger partial charge is 0.310 e. The molecule has 0 aromatic heterocycles. The van der Waals surface area contributed by atoms with Gasteiger partial charge in [0.1, 0.15) is 0 Å². The molecule has 0 spiro atoms. The summed E-state index contributed by atoms with van der Waals surface area (Å²) in [6.07, 6.45) is 6.46. The average Bonchev–Trinajstić information content (AvgIpc) is 2.93. The van der Waals surface area contributed by atoms with Gasteiger partial charge in [-0.25, -0.2) is 8.42 Å². The summed E-state index contributed by atoms with van der Waals surface area (Å²) in [6.45, 7) is 2.26. The average molecular weight is 257 g/mol. The molecule has 3 fully saturated rings. The van der Waals surface area contributed by atoms with Gasteiger partial charge in [0.05, 0.1) is 11.5 Å². The van der Waals surface area contributed by atoms with Crippen molar-refractivity contribution in [3.63, 3.8) is 0 Å². The topological polar surface area (TPSA) is 46.2 Å². The van der Waals surface area contributed by atoms with E-state index in [2.05, 4.69) is 12.2 Å². The summed E-state index contributed by atoms with van der Waals surface area (Å²) in [6, 6.07) is 0.720. The number of hydrogen-bond donors (Lipinski definition) is 1. The molecular formula is C13H23NO2S. The van der Waals surface area contributed by atoms with Crippen molar-refractivity contribution < 1.29 is 8.42 Å². The van der Waals surface area contributed by atoms with Crippen molar-refractivity contribution >= 4 is 9.84 Å². The van der Waals surface area contributed by atoms with Gasteiger partial charge < -0.3 is 5.32 Å². The van der Waals surface area contributed by atoms with Gasteiger partial charge in [0.25, 0.3) is 0 Å². The zero-order valence-corrected chi connectivity index (χ0v) is 11.4. The third-order valence-corrected chi connectivity index (χ3v) is 6.93. The van der Waals surface area contributed by atoms with Crippen molar-refractivity contribution in [2.24, 2.45) is 17.8 Å². The zero-order chi connectivity index (χ0) is 12.0. The summed E-state index contributed by atoms with van der Waals surface area (Å²) in [4.78, 5) is 0. The van der Waals surface area contributed by atoms with Crippen molar-refractivity contribution in [2.45, 2.75) is 51.1 Å². The first-order valence-electron chi connectivity index (χ1n) is 7.00. The van der Waals surface area contributed by atoms with Crippen LogP contribution in [0.3, 0.4) is 0 Å². The lowest BCUT2D eigenvalue weighted by Crippen LogP contribution is -2.43. The van der Waals surface area contributed by atoms with E-state index in [0.717, 1.165) is 24.2 Å². The lowest BCUT2D eigenvalue weighted by molar-refractivity contribution is 0.248. The SMILES string of the molecule is CC(NC1CCS(=O)(=O)C1)C1CC2CCC1C2. The van der Waals surface area contributed by atoms with E-state index in [9.17, 15) is 8.42 Å². The second kappa shape index (κ2) is 4.23. The molecule has 0 amide bonds. The van der Waals surface area contributed by atoms with Crippen LogP contribution in [0.1, 0.15) is 39.0 Å². The van der Waals surface area contributed by atoms with E-state index >= 15 is 0 Å². The van der Waals surface area contributed by atoms with Crippen LogP contribution in [0.25, 0.3) is 0 Å². The molecule has 5 unspecified atom stereocenters. The Bertz CT molecular complexity index is 392. The predicted octanol–water partition coefficient (Wildman–Crippen LogP) is 1.59. The summed E-state index contributed by atoms with van der Waals surface area (Å²) in [5.74, 6) is 3.44. The number of rotatable bonds is 3. The van der Waals surface area contributed by atoms with Gasteiger partial charge in [-0.05, 0) is 50.4 Å². The molecule has 2 saturated carbocycles. The van der Waals surface area contributed by atoms with Crippen LogP contribution in [0.4, 0.5) is 0 Å². The second-order valence-corrected chi connectivity index (χ2v) is 8.62. The highest BCUT2D eigenvalue weighted by Crippen LogP contribution is 2.49. The highest BCUT2D eigenvalue weighted by Gasteiger charge is 2.42. The van der Waals surface area contributed by atoms with Gasteiger partial charge in [0.15, 0.2) is 9.84 Å². The van der Waals surface area contributed by atoms with E-state index in [1.807, 2.05) is 0 Å². The van der Waals surface area contributed by atoms with Gasteiger partial charge in [-0.1, -0.05) is 6.42 Å². The van der Waals surface area contributed by atoms with E-state index in [1.165, 1.54) is 25.7 Å². The molecule has 5 atom stereocenters. The highest BCUT2D eigenvalue weighted by molar-refractivity contribution is 7.91. The van der Waals surface area contributed by atoms with E-state index in [-0.39, 0.29) is 6.04 Å². The molecule has 2 bridgehead atoms. The fraction of sp³-hybridized carbons (Fsp3) is 1.00. The quantitative estimate of drug-likeness (QED) is 0.835. The van der Waals surface area contributed by atoms with Crippen molar-refractivity contribution in [3.05, 3.63) is 0 Å². The Morgan fingerprint density at radius 1 is 1.18 bits per heavy atom. The summed E-state index contributed by atoms with van der Waals surface area (Å²) in [7, 11) is -2.74. The fourth-order valence-corrected chi connectivity index (χ4v) is 6.01. The van der Waals surface area contributed by atoms with Gasteiger partial charge in [0, 0.05) is 12.1 Å². The number of sulfone groups is 1. The fourth-order valence-electron chi connectivity index (χ4n) is 4.33. The van der Waals surface area contributed by atoms with Gasteiger partial charge in [-0.3, -0.25) is 0 Å². The Kier molecular flexibility index (Phi) is 2.98. The van der Waals surface area contributed by atoms with Crippen LogP contribution >= 0.6 is 0 Å². The minimum atomic E-state index is -2.74. The van der Waals surface area contributed by atoms with Gasteiger partial charge in [0.2, 0.25) is 0 Å². The van der Waals surface area contributed by atoms with Gasteiger partial charge >= 0.3 is 0 Å². The standard InChI is InChI=1S/C13H23NO2S/c1-9(13-7-10-2-3-11(13)6-10)14-12-4-5-17(15,16)8-12/h9-14H,2-8H2,1H3. The Morgan fingerprint density at radius 2 is 2.00 bits per heavy atom. The molecule has 1 aliphatic heterocycles. The monoisotopic (exact) mass is 257 g/mol. The van der Waals surface area contributed by atoms with Crippen LogP contribution in [-0.4, -0.2) is 32.0 Å². The molecule has 17 heavy (non-hydrogen) atoms. The molecular weight excluding hydrogens is 234 g/mol. The van der Waals surface area contributed by atoms with Crippen LogP contribution in [0.2, 0.25) is 0 Å². The molecule has 3 aliphatic rings. The van der Waals surface area contributed by atoms with Crippen molar-refractivity contribution in [1.29, 1.82) is 0 Å². The normalized spacial score (nSPS) is 45.2. The zero-order valence-electron chi connectivity index (χ0n) is 10.6. The molecule has 2 aliphatic carbocycles. The minimum absolute atomic E-state index is 0.217. The summed E-state index contributed by atoms with van der Waals surface area (Å²) < 4.78 is 22.9. The van der Waals surface area contributed by atoms with Crippen LogP contribution in [0.5, 0.6) is 0 Å². The molecule has 0 aromatic carbocycles. The Hall–Kier alpha value is -0.0900. The van der Waals surface area contributed by atoms with Gasteiger partial charge in [-0.15, -0.1) is 0 Å². The number of hydrogen-bond acceptors (Lipinski definition) is 3. The third-order valence-electron chi connectivity index (χ3n) is 5.17. The van der Waals surface area contributed by atoms with Crippen molar-refractivity contribution in [2.75, 3.05) is 11.5 Å². The Labute approximate surface area is 104 Å². The molecule has 3 nitrogen and oxygen atoms in total. The van der Waals surface area contributed by atoms with Crippen molar-refractivity contribution in [3.8, 4) is 0 Å². The first-order chi connectivity index (χ1) is 8.03. The maximum Gasteiger partial charge on any atom is 0.151 e. The maximum absolute atomic E-state index is 11.4. The second-order valence-electron chi connectivity index (χ2n) is 6.39. The molecule has 0 aromatic rings. The van der Waals surface area contributed by atoms with E-state index < -0.39 is 9.84 Å². The number of fused-ring (bicyclic) bond motifs is 2. The van der Waals surface area contributed by atoms with Crippen molar-refractivity contribution in [1.82, 2.24) is 5.32 Å². The molecule has 1 saturated heterocycles. The van der Waals surface area contributed by atoms with Crippen LogP contribution in [0, 0.1) is 17.8 Å². The first-order valence-corrected chi connectivity index (χ1v) is 8.82. The minimum Gasteiger partial charge on any atom is -0.310 e. The van der Waals surface area contributed by atoms with Crippen LogP contribution < -0.4 is 5.32 Å². The highest BCUT2D eigenvalue weighted by atomic mass is 32.2. The summed E-state index contributed by atoms with van der Waals surface area (Å²) >= 11 is 0. The molecule has 3 rings (SSSR count). The van der Waals surface area contributed by atoms with E-state index in [4.69, 9.17) is 0 Å². The first kappa shape index (κ1) is 12.0. The molecule has 0 radical (unpaired) electrons. The Morgan fingerprint density at radius 3 is 2.53 bits per heavy atom. The molecule has 1 heterocycles. The van der Waals surface area contributed by atoms with Crippen LogP contribution in [0.15, 0.2) is 0 Å². The lowest BCUT2D eigenvalue weighted by Gasteiger charge is -2.30. The molecule has 1 N–H and O–H groups in total. The maximum atomic E-state index is 11.4. The summed E-state index contributed by atoms with van der Waals surface area (Å²) in [5, 5.41) is 3.58. The van der Waals surface area contributed by atoms with E-state index in [0.29, 0.717) is 17.5 Å². The molecule has 4 heteroatoms. The van der Waals surface area contributed by atoms with E-state index in [1.54, 1.807) is 0 Å². The lowest BCUT2D eigenvalue weighted by atomic mass is 9.83. The smallest absolute Gasteiger partial charge is 0.151 e.